The monoisotopic (exact) mass is 499 g/mol. The minimum Gasteiger partial charge on any atom is -0.457 e. The van der Waals surface area contributed by atoms with Crippen molar-refractivity contribution in [1.29, 1.82) is 0 Å². The zero-order valence-electron chi connectivity index (χ0n) is 20.2. The number of hydrogen-bond acceptors (Lipinski definition) is 7. The second-order valence-corrected chi connectivity index (χ2v) is 8.70. The van der Waals surface area contributed by atoms with Crippen molar-refractivity contribution in [2.24, 2.45) is 0 Å². The average molecular weight is 500 g/mol. The van der Waals surface area contributed by atoms with E-state index in [4.69, 9.17) is 18.6 Å². The van der Waals surface area contributed by atoms with Gasteiger partial charge in [-0.05, 0) is 49.6 Å². The largest absolute Gasteiger partial charge is 0.457 e. The van der Waals surface area contributed by atoms with Gasteiger partial charge in [-0.15, -0.1) is 0 Å². The number of amides is 1. The third kappa shape index (κ3) is 5.33. The van der Waals surface area contributed by atoms with Crippen LogP contribution in [0.5, 0.6) is 17.2 Å². The highest BCUT2D eigenvalue weighted by Gasteiger charge is 2.36. The van der Waals surface area contributed by atoms with Crippen LogP contribution in [0.25, 0.3) is 11.0 Å². The van der Waals surface area contributed by atoms with E-state index in [2.05, 4.69) is 0 Å². The van der Waals surface area contributed by atoms with E-state index in [1.807, 2.05) is 48.5 Å². The maximum atomic E-state index is 13.0. The highest BCUT2D eigenvalue weighted by atomic mass is 16.6. The van der Waals surface area contributed by atoms with Gasteiger partial charge in [-0.3, -0.25) is 9.69 Å². The van der Waals surface area contributed by atoms with E-state index in [0.717, 1.165) is 5.56 Å². The lowest BCUT2D eigenvalue weighted by atomic mass is 10.2. The second-order valence-electron chi connectivity index (χ2n) is 8.70. The molecule has 1 atom stereocenters. The Balaban J connectivity index is 1.29. The molecule has 1 fully saturated rings. The molecular formula is C29H25NO7. The van der Waals surface area contributed by atoms with Crippen LogP contribution in [0.15, 0.2) is 88.1 Å². The number of hydrogen-bond donors (Lipinski definition) is 0. The first-order valence-corrected chi connectivity index (χ1v) is 12.0. The van der Waals surface area contributed by atoms with Gasteiger partial charge in [-0.25, -0.2) is 9.59 Å². The number of fused-ring (bicyclic) bond motifs is 1. The fourth-order valence-electron chi connectivity index (χ4n) is 4.27. The molecule has 1 aliphatic heterocycles. The molecule has 1 amide bonds. The Hall–Kier alpha value is -4.59. The van der Waals surface area contributed by atoms with Crippen LogP contribution in [0, 0.1) is 6.92 Å². The van der Waals surface area contributed by atoms with Crippen molar-refractivity contribution in [3.05, 3.63) is 100 Å². The first kappa shape index (κ1) is 24.1. The second kappa shape index (κ2) is 10.6. The van der Waals surface area contributed by atoms with Gasteiger partial charge in [0.1, 0.15) is 35.5 Å². The Kier molecular flexibility index (Phi) is 6.89. The summed E-state index contributed by atoms with van der Waals surface area (Å²) in [5, 5.41) is 0.295. The molecule has 4 aromatic rings. The maximum Gasteiger partial charge on any atom is 0.410 e. The Morgan fingerprint density at radius 2 is 1.70 bits per heavy atom. The number of esters is 1. The molecule has 3 aromatic carbocycles. The number of ether oxygens (including phenoxy) is 3. The van der Waals surface area contributed by atoms with Crippen LogP contribution in [0.1, 0.15) is 24.2 Å². The molecule has 0 N–H and O–H groups in total. The van der Waals surface area contributed by atoms with Crippen molar-refractivity contribution < 1.29 is 28.2 Å². The van der Waals surface area contributed by atoms with Gasteiger partial charge < -0.3 is 18.6 Å². The number of benzene rings is 3. The number of carbonyl (C=O) groups is 2. The predicted molar refractivity (Wildman–Crippen MR) is 136 cm³/mol. The minimum atomic E-state index is -0.755. The lowest BCUT2D eigenvalue weighted by molar-refractivity contribution is -0.139. The SMILES string of the molecule is Cc1oc2cc(OC(=O)[C@@H]3CCCN3C(=O)OCc3ccccc3)ccc2c(=O)c1Oc1ccccc1. The highest BCUT2D eigenvalue weighted by Crippen LogP contribution is 2.28. The molecule has 0 spiro atoms. The first-order chi connectivity index (χ1) is 18.0. The summed E-state index contributed by atoms with van der Waals surface area (Å²) in [6, 6.07) is 22.1. The van der Waals surface area contributed by atoms with E-state index in [9.17, 15) is 14.4 Å². The van der Waals surface area contributed by atoms with Crippen LogP contribution >= 0.6 is 0 Å². The number of rotatable bonds is 6. The number of carbonyl (C=O) groups excluding carboxylic acids is 2. The third-order valence-corrected chi connectivity index (χ3v) is 6.13. The van der Waals surface area contributed by atoms with Crippen molar-refractivity contribution in [2.45, 2.75) is 32.4 Å². The van der Waals surface area contributed by atoms with E-state index >= 15 is 0 Å². The Bertz CT molecular complexity index is 1480. The zero-order chi connectivity index (χ0) is 25.8. The highest BCUT2D eigenvalue weighted by molar-refractivity contribution is 5.85. The molecule has 8 nitrogen and oxygen atoms in total. The third-order valence-electron chi connectivity index (χ3n) is 6.13. The molecule has 1 aliphatic rings. The summed E-state index contributed by atoms with van der Waals surface area (Å²) in [5.74, 6) is 0.552. The van der Waals surface area contributed by atoms with Crippen LogP contribution in [0.2, 0.25) is 0 Å². The normalized spacial score (nSPS) is 14.9. The molecule has 1 saturated heterocycles. The van der Waals surface area contributed by atoms with Crippen LogP contribution in [0.4, 0.5) is 4.79 Å². The van der Waals surface area contributed by atoms with E-state index in [0.29, 0.717) is 36.3 Å². The summed E-state index contributed by atoms with van der Waals surface area (Å²) in [7, 11) is 0. The molecule has 5 rings (SSSR count). The number of nitrogens with zero attached hydrogens (tertiary/aromatic N) is 1. The fourth-order valence-corrected chi connectivity index (χ4v) is 4.27. The van der Waals surface area contributed by atoms with Crippen molar-refractivity contribution in [3.8, 4) is 17.2 Å². The van der Waals surface area contributed by atoms with Crippen LogP contribution in [-0.4, -0.2) is 29.5 Å². The van der Waals surface area contributed by atoms with E-state index in [-0.39, 0.29) is 29.1 Å². The van der Waals surface area contributed by atoms with Gasteiger partial charge in [0.2, 0.25) is 11.2 Å². The molecule has 188 valence electrons. The summed E-state index contributed by atoms with van der Waals surface area (Å²) < 4.78 is 22.5. The van der Waals surface area contributed by atoms with E-state index in [1.54, 1.807) is 19.1 Å². The van der Waals surface area contributed by atoms with E-state index in [1.165, 1.54) is 23.1 Å². The van der Waals surface area contributed by atoms with Gasteiger partial charge in [0, 0.05) is 12.6 Å². The van der Waals surface area contributed by atoms with E-state index < -0.39 is 18.1 Å². The Labute approximate surface area is 213 Å². The molecular weight excluding hydrogens is 474 g/mol. The molecule has 2 heterocycles. The molecule has 0 saturated carbocycles. The van der Waals surface area contributed by atoms with Crippen LogP contribution in [-0.2, 0) is 16.1 Å². The lowest BCUT2D eigenvalue weighted by Gasteiger charge is -2.22. The molecule has 0 aliphatic carbocycles. The van der Waals surface area contributed by atoms with Gasteiger partial charge in [0.05, 0.1) is 5.39 Å². The molecule has 0 bridgehead atoms. The van der Waals surface area contributed by atoms with Gasteiger partial charge in [0.25, 0.3) is 0 Å². The van der Waals surface area contributed by atoms with Gasteiger partial charge in [-0.2, -0.15) is 0 Å². The topological polar surface area (TPSA) is 95.3 Å². The molecule has 0 unspecified atom stereocenters. The summed E-state index contributed by atoms with van der Waals surface area (Å²) >= 11 is 0. The Morgan fingerprint density at radius 1 is 0.973 bits per heavy atom. The number of likely N-dealkylation sites (tertiary alicyclic amines) is 1. The summed E-state index contributed by atoms with van der Waals surface area (Å²) in [4.78, 5) is 40.0. The summed E-state index contributed by atoms with van der Waals surface area (Å²) in [6.07, 6.45) is 0.576. The van der Waals surface area contributed by atoms with Crippen LogP contribution < -0.4 is 14.9 Å². The minimum absolute atomic E-state index is 0.0963. The van der Waals surface area contributed by atoms with Crippen LogP contribution in [0.3, 0.4) is 0 Å². The smallest absolute Gasteiger partial charge is 0.410 e. The maximum absolute atomic E-state index is 13.0. The lowest BCUT2D eigenvalue weighted by Crippen LogP contribution is -2.42. The van der Waals surface area contributed by atoms with Gasteiger partial charge >= 0.3 is 12.1 Å². The van der Waals surface area contributed by atoms with Crippen molar-refractivity contribution in [3.63, 3.8) is 0 Å². The predicted octanol–water partition coefficient (Wildman–Crippen LogP) is 5.60. The fraction of sp³-hybridized carbons (Fsp3) is 0.207. The Morgan fingerprint density at radius 3 is 2.46 bits per heavy atom. The van der Waals surface area contributed by atoms with Gasteiger partial charge in [0.15, 0.2) is 0 Å². The zero-order valence-corrected chi connectivity index (χ0v) is 20.2. The molecule has 8 heteroatoms. The van der Waals surface area contributed by atoms with Crippen molar-refractivity contribution in [1.82, 2.24) is 4.90 Å². The molecule has 1 aromatic heterocycles. The van der Waals surface area contributed by atoms with Crippen molar-refractivity contribution >= 4 is 23.0 Å². The van der Waals surface area contributed by atoms with Crippen molar-refractivity contribution in [2.75, 3.05) is 6.54 Å². The quantitative estimate of drug-likeness (QED) is 0.252. The average Bonchev–Trinajstić information content (AvgIpc) is 3.41. The first-order valence-electron chi connectivity index (χ1n) is 12.0. The number of para-hydroxylation sites is 1. The van der Waals surface area contributed by atoms with Gasteiger partial charge in [-0.1, -0.05) is 48.5 Å². The molecule has 37 heavy (non-hydrogen) atoms. The molecule has 0 radical (unpaired) electrons. The summed E-state index contributed by atoms with van der Waals surface area (Å²) in [6.45, 7) is 2.16. The standard InChI is InChI=1S/C29H25NO7/c1-19-27(36-21-11-6-3-7-12-21)26(31)23-15-14-22(17-25(23)35-19)37-28(32)24-13-8-16-30(24)29(33)34-18-20-9-4-2-5-10-20/h2-7,9-12,14-15,17,24H,8,13,16,18H2,1H3/t24-/m0/s1. The number of aryl methyl sites for hydroxylation is 1. The summed E-state index contributed by atoms with van der Waals surface area (Å²) in [5.41, 5.74) is 0.793.